The first-order valence-corrected chi connectivity index (χ1v) is 38.6. The molecule has 0 rings (SSSR count). The predicted octanol–water partition coefficient (Wildman–Crippen LogP) is 25.4. The molecule has 0 bridgehead atoms. The van der Waals surface area contributed by atoms with Gasteiger partial charge < -0.3 is 20.3 Å². The van der Waals surface area contributed by atoms with Crippen molar-refractivity contribution in [1.29, 1.82) is 0 Å². The Labute approximate surface area is 537 Å². The van der Waals surface area contributed by atoms with Gasteiger partial charge in [0.25, 0.3) is 0 Å². The maximum absolute atomic E-state index is 12.5. The maximum atomic E-state index is 12.5. The zero-order valence-corrected chi connectivity index (χ0v) is 57.8. The van der Waals surface area contributed by atoms with Gasteiger partial charge in [0, 0.05) is 12.8 Å². The normalized spacial score (nSPS) is 12.8. The second kappa shape index (κ2) is 75.0. The van der Waals surface area contributed by atoms with Crippen LogP contribution in [0.4, 0.5) is 0 Å². The summed E-state index contributed by atoms with van der Waals surface area (Å²) in [5.74, 6) is -0.0569. The lowest BCUT2D eigenvalue weighted by molar-refractivity contribution is -0.143. The van der Waals surface area contributed by atoms with Crippen LogP contribution in [0, 0.1) is 0 Å². The Kier molecular flexibility index (Phi) is 72.9. The van der Waals surface area contributed by atoms with Crippen molar-refractivity contribution < 1.29 is 24.5 Å². The number of carbonyl (C=O) groups excluding carboxylic acids is 2. The van der Waals surface area contributed by atoms with Gasteiger partial charge in [-0.1, -0.05) is 364 Å². The number of unbranched alkanes of at least 4 members (excludes halogenated alkanes) is 53. The number of aliphatic hydroxyl groups is 2. The van der Waals surface area contributed by atoms with Gasteiger partial charge in [-0.2, -0.15) is 0 Å². The average Bonchev–Trinajstić information content (AvgIpc) is 3.54. The highest BCUT2D eigenvalue weighted by Crippen LogP contribution is 2.19. The lowest BCUT2D eigenvalue weighted by atomic mass is 10.0. The Bertz CT molecular complexity index is 1480. The molecule has 0 aromatic carbocycles. The van der Waals surface area contributed by atoms with Gasteiger partial charge in [-0.3, -0.25) is 9.59 Å². The standard InChI is InChI=1S/C80H149NO5/c1-3-5-7-9-11-13-15-17-44-48-52-56-60-64-68-72-78(83)77(76-82)81-79(84)73-69-65-61-57-53-49-46-42-40-38-36-34-32-30-28-26-24-22-20-19-21-23-25-27-29-31-33-35-37-39-41-43-47-51-55-59-63-67-71-75-86-80(85)74-70-66-62-58-54-50-45-18-16-14-12-10-8-6-4-2/h12,14,18-20,23,25,45,68,72,77-78,82-83H,3-11,13,15-17,21-22,24,26-44,46-67,69-71,73-76H2,1-2H3,(H,81,84)/b14-12-,20-19-,25-23-,45-18-,72-68+. The van der Waals surface area contributed by atoms with Crippen molar-refractivity contribution >= 4 is 11.9 Å². The smallest absolute Gasteiger partial charge is 0.305 e. The van der Waals surface area contributed by atoms with Crippen LogP contribution in [0.2, 0.25) is 0 Å². The third kappa shape index (κ3) is 70.6. The zero-order valence-electron chi connectivity index (χ0n) is 57.8. The second-order valence-corrected chi connectivity index (χ2v) is 26.3. The largest absolute Gasteiger partial charge is 0.466 e. The lowest BCUT2D eigenvalue weighted by Gasteiger charge is -2.20. The summed E-state index contributed by atoms with van der Waals surface area (Å²) < 4.78 is 5.49. The Balaban J connectivity index is 3.37. The third-order valence-electron chi connectivity index (χ3n) is 17.8. The van der Waals surface area contributed by atoms with E-state index in [1.54, 1.807) is 6.08 Å². The van der Waals surface area contributed by atoms with Gasteiger partial charge in [0.2, 0.25) is 5.91 Å². The Hall–Kier alpha value is -2.44. The first-order valence-electron chi connectivity index (χ1n) is 38.6. The molecule has 0 fully saturated rings. The average molecular weight is 1210 g/mol. The maximum Gasteiger partial charge on any atom is 0.305 e. The van der Waals surface area contributed by atoms with E-state index in [2.05, 4.69) is 67.8 Å². The Morgan fingerprint density at radius 2 is 0.581 bits per heavy atom. The molecular weight excluding hydrogens is 1050 g/mol. The van der Waals surface area contributed by atoms with E-state index in [-0.39, 0.29) is 18.5 Å². The Morgan fingerprint density at radius 3 is 0.907 bits per heavy atom. The molecule has 86 heavy (non-hydrogen) atoms. The van der Waals surface area contributed by atoms with Crippen LogP contribution in [0.5, 0.6) is 0 Å². The van der Waals surface area contributed by atoms with E-state index in [0.29, 0.717) is 19.4 Å². The fourth-order valence-electron chi connectivity index (χ4n) is 11.9. The number of rotatable bonds is 72. The molecule has 0 aliphatic rings. The fraction of sp³-hybridized carbons (Fsp3) is 0.850. The highest BCUT2D eigenvalue weighted by molar-refractivity contribution is 5.76. The quantitative estimate of drug-likeness (QED) is 0.0320. The van der Waals surface area contributed by atoms with Crippen LogP contribution in [0.15, 0.2) is 60.8 Å². The molecule has 0 heterocycles. The van der Waals surface area contributed by atoms with Crippen molar-refractivity contribution in [3.05, 3.63) is 60.8 Å². The van der Waals surface area contributed by atoms with Crippen LogP contribution in [0.3, 0.4) is 0 Å². The van der Waals surface area contributed by atoms with Crippen molar-refractivity contribution in [2.24, 2.45) is 0 Å². The first kappa shape index (κ1) is 83.6. The van der Waals surface area contributed by atoms with E-state index < -0.39 is 12.1 Å². The number of esters is 1. The number of hydrogen-bond donors (Lipinski definition) is 3. The summed E-state index contributed by atoms with van der Waals surface area (Å²) in [5, 5.41) is 23.2. The summed E-state index contributed by atoms with van der Waals surface area (Å²) in [6.45, 7) is 4.90. The monoisotopic (exact) mass is 1200 g/mol. The molecule has 0 aromatic heterocycles. The summed E-state index contributed by atoms with van der Waals surface area (Å²) in [6.07, 6.45) is 101. The number of carbonyl (C=O) groups is 2. The lowest BCUT2D eigenvalue weighted by Crippen LogP contribution is -2.45. The van der Waals surface area contributed by atoms with E-state index in [9.17, 15) is 19.8 Å². The van der Waals surface area contributed by atoms with E-state index in [4.69, 9.17) is 4.74 Å². The molecule has 3 N–H and O–H groups in total. The number of aliphatic hydroxyl groups excluding tert-OH is 2. The van der Waals surface area contributed by atoms with Gasteiger partial charge in [0.15, 0.2) is 0 Å². The van der Waals surface area contributed by atoms with Crippen LogP contribution in [-0.2, 0) is 14.3 Å². The molecule has 0 aromatic rings. The number of ether oxygens (including phenoxy) is 1. The highest BCUT2D eigenvalue weighted by Gasteiger charge is 2.18. The second-order valence-electron chi connectivity index (χ2n) is 26.3. The van der Waals surface area contributed by atoms with Crippen LogP contribution < -0.4 is 5.32 Å². The van der Waals surface area contributed by atoms with Crippen molar-refractivity contribution in [3.63, 3.8) is 0 Å². The van der Waals surface area contributed by atoms with Crippen LogP contribution in [0.1, 0.15) is 412 Å². The first-order chi connectivity index (χ1) is 42.5. The summed E-state index contributed by atoms with van der Waals surface area (Å²) in [6, 6.07) is -0.626. The molecule has 0 saturated carbocycles. The van der Waals surface area contributed by atoms with E-state index >= 15 is 0 Å². The molecule has 0 radical (unpaired) electrons. The molecule has 0 saturated heterocycles. The number of hydrogen-bond acceptors (Lipinski definition) is 5. The highest BCUT2D eigenvalue weighted by atomic mass is 16.5. The topological polar surface area (TPSA) is 95.9 Å². The number of amides is 1. The van der Waals surface area contributed by atoms with Crippen molar-refractivity contribution in [1.82, 2.24) is 5.32 Å². The van der Waals surface area contributed by atoms with Gasteiger partial charge in [0.05, 0.1) is 25.4 Å². The third-order valence-corrected chi connectivity index (χ3v) is 17.8. The molecule has 0 aliphatic carbocycles. The summed E-state index contributed by atoms with van der Waals surface area (Å²) >= 11 is 0. The van der Waals surface area contributed by atoms with E-state index in [0.717, 1.165) is 57.8 Å². The number of allylic oxidation sites excluding steroid dienone is 9. The minimum atomic E-state index is -0.843. The van der Waals surface area contributed by atoms with Crippen molar-refractivity contribution in [3.8, 4) is 0 Å². The molecular formula is C80H149NO5. The van der Waals surface area contributed by atoms with Crippen molar-refractivity contribution in [2.45, 2.75) is 424 Å². The van der Waals surface area contributed by atoms with E-state index in [1.807, 2.05) is 6.08 Å². The van der Waals surface area contributed by atoms with Crippen LogP contribution in [0.25, 0.3) is 0 Å². The van der Waals surface area contributed by atoms with Gasteiger partial charge in [-0.05, 0) is 96.3 Å². The zero-order chi connectivity index (χ0) is 62.0. The summed E-state index contributed by atoms with van der Waals surface area (Å²) in [5.41, 5.74) is 0. The van der Waals surface area contributed by atoms with Crippen LogP contribution >= 0.6 is 0 Å². The minimum Gasteiger partial charge on any atom is -0.466 e. The summed E-state index contributed by atoms with van der Waals surface area (Å²) in [7, 11) is 0. The minimum absolute atomic E-state index is 0.00608. The van der Waals surface area contributed by atoms with Crippen LogP contribution in [-0.4, -0.2) is 47.4 Å². The fourth-order valence-corrected chi connectivity index (χ4v) is 11.9. The van der Waals surface area contributed by atoms with Gasteiger partial charge in [-0.15, -0.1) is 0 Å². The number of nitrogens with one attached hydrogen (secondary N) is 1. The van der Waals surface area contributed by atoms with E-state index in [1.165, 1.54) is 327 Å². The molecule has 6 heteroatoms. The van der Waals surface area contributed by atoms with Gasteiger partial charge in [-0.25, -0.2) is 0 Å². The molecule has 0 spiro atoms. The SMILES string of the molecule is CCCCC/C=C\C/C=C\CCCCCCCC(=O)OCCCCCCCCCCCCCCCCC/C=C\C/C=C\CCCCCCCCCCCCCCCCCCCC(=O)NC(CO)C(O)/C=C/CCCCCCCCCCCCCCC. The molecule has 2 unspecified atom stereocenters. The predicted molar refractivity (Wildman–Crippen MR) is 379 cm³/mol. The molecule has 504 valence electrons. The Morgan fingerprint density at radius 1 is 0.326 bits per heavy atom. The summed E-state index contributed by atoms with van der Waals surface area (Å²) in [4.78, 5) is 24.6. The van der Waals surface area contributed by atoms with Gasteiger partial charge in [0.1, 0.15) is 0 Å². The molecule has 0 aliphatic heterocycles. The van der Waals surface area contributed by atoms with Gasteiger partial charge >= 0.3 is 5.97 Å². The molecule has 1 amide bonds. The molecule has 2 atom stereocenters. The molecule has 6 nitrogen and oxygen atoms in total. The van der Waals surface area contributed by atoms with Crippen molar-refractivity contribution in [2.75, 3.05) is 13.2 Å².